The molecule has 2 rings (SSSR count). The Morgan fingerprint density at radius 2 is 2.05 bits per heavy atom. The van der Waals surface area contributed by atoms with Crippen LogP contribution in [0.1, 0.15) is 25.8 Å². The van der Waals surface area contributed by atoms with Gasteiger partial charge in [-0.2, -0.15) is 0 Å². The fourth-order valence-electron chi connectivity index (χ4n) is 2.25. The number of hydrogen-bond donors (Lipinski definition) is 2. The first kappa shape index (κ1) is 15.5. The van der Waals surface area contributed by atoms with Crippen LogP contribution in [0, 0.1) is 11.8 Å². The summed E-state index contributed by atoms with van der Waals surface area (Å²) in [5.74, 6) is -1.27. The van der Waals surface area contributed by atoms with Crippen LogP contribution in [0.15, 0.2) is 24.3 Å². The number of carbonyl (C=O) groups is 2. The number of hydrogen-bond acceptors (Lipinski definition) is 3. The highest BCUT2D eigenvalue weighted by molar-refractivity contribution is 5.94. The van der Waals surface area contributed by atoms with E-state index in [1.807, 2.05) is 19.1 Å². The van der Waals surface area contributed by atoms with Crippen LogP contribution >= 0.6 is 0 Å². The summed E-state index contributed by atoms with van der Waals surface area (Å²) in [6.07, 6.45) is 1.33. The van der Waals surface area contributed by atoms with Gasteiger partial charge in [-0.3, -0.25) is 9.59 Å². The molecule has 3 atom stereocenters. The van der Waals surface area contributed by atoms with Crippen molar-refractivity contribution in [3.63, 3.8) is 0 Å². The Kier molecular flexibility index (Phi) is 4.96. The van der Waals surface area contributed by atoms with E-state index in [4.69, 9.17) is 9.84 Å². The third-order valence-electron chi connectivity index (χ3n) is 3.63. The zero-order chi connectivity index (χ0) is 15.4. The van der Waals surface area contributed by atoms with Crippen LogP contribution in [0.25, 0.3) is 0 Å². The van der Waals surface area contributed by atoms with Gasteiger partial charge in [0.2, 0.25) is 5.91 Å². The normalized spacial score (nSPS) is 21.6. The lowest BCUT2D eigenvalue weighted by molar-refractivity contribution is -0.141. The summed E-state index contributed by atoms with van der Waals surface area (Å²) >= 11 is 0. The smallest absolute Gasteiger partial charge is 0.306 e. The van der Waals surface area contributed by atoms with Gasteiger partial charge in [0.25, 0.3) is 0 Å². The topological polar surface area (TPSA) is 75.6 Å². The SMILES string of the molecule is CCOC1CC1C(=O)Nc1ccc(CC(C)C(=O)O)cc1. The summed E-state index contributed by atoms with van der Waals surface area (Å²) in [6.45, 7) is 4.23. The van der Waals surface area contributed by atoms with Crippen LogP contribution in [0.2, 0.25) is 0 Å². The van der Waals surface area contributed by atoms with E-state index in [0.29, 0.717) is 13.0 Å². The van der Waals surface area contributed by atoms with Gasteiger partial charge < -0.3 is 15.2 Å². The zero-order valence-corrected chi connectivity index (χ0v) is 12.3. The van der Waals surface area contributed by atoms with Gasteiger partial charge in [-0.25, -0.2) is 0 Å². The van der Waals surface area contributed by atoms with Crippen molar-refractivity contribution in [1.29, 1.82) is 0 Å². The number of benzene rings is 1. The Morgan fingerprint density at radius 1 is 1.38 bits per heavy atom. The molecule has 1 aromatic carbocycles. The first-order chi connectivity index (χ1) is 10.0. The average Bonchev–Trinajstić information content (AvgIpc) is 3.20. The molecule has 1 amide bonds. The molecule has 0 bridgehead atoms. The van der Waals surface area contributed by atoms with Crippen molar-refractivity contribution in [3.8, 4) is 0 Å². The summed E-state index contributed by atoms with van der Waals surface area (Å²) in [7, 11) is 0. The molecule has 1 aliphatic rings. The second-order valence-corrected chi connectivity index (χ2v) is 5.47. The van der Waals surface area contributed by atoms with E-state index < -0.39 is 11.9 Å². The molecule has 0 saturated heterocycles. The van der Waals surface area contributed by atoms with E-state index in [1.54, 1.807) is 19.1 Å². The molecular formula is C16H21NO4. The van der Waals surface area contributed by atoms with Crippen LogP contribution in [0.5, 0.6) is 0 Å². The van der Waals surface area contributed by atoms with Gasteiger partial charge in [-0.05, 0) is 37.5 Å². The van der Waals surface area contributed by atoms with E-state index >= 15 is 0 Å². The fraction of sp³-hybridized carbons (Fsp3) is 0.500. The molecule has 3 unspecified atom stereocenters. The van der Waals surface area contributed by atoms with Crippen molar-refractivity contribution in [3.05, 3.63) is 29.8 Å². The Hall–Kier alpha value is -1.88. The lowest BCUT2D eigenvalue weighted by Crippen LogP contribution is -2.16. The van der Waals surface area contributed by atoms with E-state index in [0.717, 1.165) is 17.7 Å². The summed E-state index contributed by atoms with van der Waals surface area (Å²) in [4.78, 5) is 22.8. The predicted octanol–water partition coefficient (Wildman–Crippen LogP) is 2.31. The number of rotatable bonds is 7. The minimum atomic E-state index is -0.803. The molecule has 21 heavy (non-hydrogen) atoms. The van der Waals surface area contributed by atoms with E-state index in [2.05, 4.69) is 5.32 Å². The van der Waals surface area contributed by atoms with Crippen molar-refractivity contribution in [2.24, 2.45) is 11.8 Å². The maximum atomic E-state index is 11.9. The van der Waals surface area contributed by atoms with Crippen LogP contribution in [0.4, 0.5) is 5.69 Å². The molecule has 2 N–H and O–H groups in total. The van der Waals surface area contributed by atoms with Gasteiger partial charge in [0.05, 0.1) is 17.9 Å². The molecule has 0 spiro atoms. The summed E-state index contributed by atoms with van der Waals surface area (Å²) in [6, 6.07) is 7.31. The standard InChI is InChI=1S/C16H21NO4/c1-3-21-14-9-13(14)15(18)17-12-6-4-11(5-7-12)8-10(2)16(19)20/h4-7,10,13-14H,3,8-9H2,1-2H3,(H,17,18)(H,19,20). The van der Waals surface area contributed by atoms with Crippen LogP contribution in [-0.2, 0) is 20.7 Å². The van der Waals surface area contributed by atoms with Crippen molar-refractivity contribution in [1.82, 2.24) is 0 Å². The molecule has 5 heteroatoms. The van der Waals surface area contributed by atoms with Crippen molar-refractivity contribution in [2.75, 3.05) is 11.9 Å². The van der Waals surface area contributed by atoms with Gasteiger partial charge in [-0.1, -0.05) is 19.1 Å². The number of carboxylic acids is 1. The average molecular weight is 291 g/mol. The molecule has 0 aromatic heterocycles. The lowest BCUT2D eigenvalue weighted by atomic mass is 10.0. The molecule has 114 valence electrons. The number of anilines is 1. The number of ether oxygens (including phenoxy) is 1. The van der Waals surface area contributed by atoms with Crippen molar-refractivity contribution < 1.29 is 19.4 Å². The minimum Gasteiger partial charge on any atom is -0.481 e. The zero-order valence-electron chi connectivity index (χ0n) is 12.3. The second kappa shape index (κ2) is 6.72. The Morgan fingerprint density at radius 3 is 2.62 bits per heavy atom. The molecular weight excluding hydrogens is 270 g/mol. The third-order valence-corrected chi connectivity index (χ3v) is 3.63. The van der Waals surface area contributed by atoms with E-state index in [1.165, 1.54) is 0 Å². The van der Waals surface area contributed by atoms with Gasteiger partial charge in [0.15, 0.2) is 0 Å². The summed E-state index contributed by atoms with van der Waals surface area (Å²) in [5.41, 5.74) is 1.68. The number of aliphatic carboxylic acids is 1. The van der Waals surface area contributed by atoms with Crippen LogP contribution in [-0.4, -0.2) is 29.7 Å². The first-order valence-corrected chi connectivity index (χ1v) is 7.25. The number of amides is 1. The molecule has 0 heterocycles. The van der Waals surface area contributed by atoms with Gasteiger partial charge in [0.1, 0.15) is 0 Å². The fourth-order valence-corrected chi connectivity index (χ4v) is 2.25. The van der Waals surface area contributed by atoms with E-state index in [9.17, 15) is 9.59 Å². The number of nitrogens with one attached hydrogen (secondary N) is 1. The Bertz CT molecular complexity index is 512. The van der Waals surface area contributed by atoms with Gasteiger partial charge in [-0.15, -0.1) is 0 Å². The quantitative estimate of drug-likeness (QED) is 0.808. The highest BCUT2D eigenvalue weighted by Gasteiger charge is 2.43. The molecule has 1 saturated carbocycles. The van der Waals surface area contributed by atoms with Crippen molar-refractivity contribution in [2.45, 2.75) is 32.8 Å². The van der Waals surface area contributed by atoms with Crippen LogP contribution < -0.4 is 5.32 Å². The molecule has 1 aromatic rings. The first-order valence-electron chi connectivity index (χ1n) is 7.25. The minimum absolute atomic E-state index is 0.0138. The lowest BCUT2D eigenvalue weighted by Gasteiger charge is -2.08. The number of carboxylic acid groups (broad SMARTS) is 1. The van der Waals surface area contributed by atoms with Gasteiger partial charge in [0, 0.05) is 12.3 Å². The Balaban J connectivity index is 1.85. The molecule has 5 nitrogen and oxygen atoms in total. The highest BCUT2D eigenvalue weighted by Crippen LogP contribution is 2.34. The monoisotopic (exact) mass is 291 g/mol. The predicted molar refractivity (Wildman–Crippen MR) is 79.1 cm³/mol. The molecule has 1 aliphatic carbocycles. The van der Waals surface area contributed by atoms with Crippen molar-refractivity contribution >= 4 is 17.6 Å². The highest BCUT2D eigenvalue weighted by atomic mass is 16.5. The summed E-state index contributed by atoms with van der Waals surface area (Å²) in [5, 5.41) is 11.7. The maximum Gasteiger partial charge on any atom is 0.306 e. The third kappa shape index (κ3) is 4.29. The second-order valence-electron chi connectivity index (χ2n) is 5.47. The van der Waals surface area contributed by atoms with Gasteiger partial charge >= 0.3 is 5.97 Å². The largest absolute Gasteiger partial charge is 0.481 e. The maximum absolute atomic E-state index is 11.9. The summed E-state index contributed by atoms with van der Waals surface area (Å²) < 4.78 is 5.39. The Labute approximate surface area is 124 Å². The molecule has 0 radical (unpaired) electrons. The van der Waals surface area contributed by atoms with E-state index in [-0.39, 0.29) is 17.9 Å². The number of carbonyl (C=O) groups excluding carboxylic acids is 1. The molecule has 0 aliphatic heterocycles. The van der Waals surface area contributed by atoms with Crippen LogP contribution in [0.3, 0.4) is 0 Å². The molecule has 1 fully saturated rings.